The number of hydrogen-bond donors (Lipinski definition) is 1. The zero-order chi connectivity index (χ0) is 16.9. The van der Waals surface area contributed by atoms with E-state index in [0.717, 1.165) is 38.4 Å². The first-order valence-electron chi connectivity index (χ1n) is 8.22. The SMILES string of the molecule is CC1CCN(c2cnc(C(=O)O)cn2)CCN1Cc1ccccc1. The molecule has 0 aliphatic carbocycles. The van der Waals surface area contributed by atoms with Gasteiger partial charge in [-0.25, -0.2) is 14.8 Å². The molecule has 1 aromatic heterocycles. The molecule has 1 unspecified atom stereocenters. The van der Waals surface area contributed by atoms with Crippen molar-refractivity contribution < 1.29 is 9.90 Å². The number of carboxylic acids is 1. The van der Waals surface area contributed by atoms with Crippen molar-refractivity contribution in [1.82, 2.24) is 14.9 Å². The Morgan fingerprint density at radius 2 is 1.96 bits per heavy atom. The molecule has 6 heteroatoms. The Balaban J connectivity index is 1.66. The quantitative estimate of drug-likeness (QED) is 0.929. The predicted molar refractivity (Wildman–Crippen MR) is 92.1 cm³/mol. The lowest BCUT2D eigenvalue weighted by Gasteiger charge is -2.26. The summed E-state index contributed by atoms with van der Waals surface area (Å²) in [4.78, 5) is 23.8. The fourth-order valence-electron chi connectivity index (χ4n) is 2.98. The van der Waals surface area contributed by atoms with E-state index in [4.69, 9.17) is 5.11 Å². The molecule has 24 heavy (non-hydrogen) atoms. The van der Waals surface area contributed by atoms with Gasteiger partial charge in [-0.1, -0.05) is 30.3 Å². The number of anilines is 1. The fraction of sp³-hybridized carbons (Fsp3) is 0.389. The van der Waals surface area contributed by atoms with Crippen LogP contribution in [0.3, 0.4) is 0 Å². The first-order valence-corrected chi connectivity index (χ1v) is 8.22. The van der Waals surface area contributed by atoms with E-state index in [9.17, 15) is 4.79 Å². The lowest BCUT2D eigenvalue weighted by atomic mass is 10.1. The van der Waals surface area contributed by atoms with Crippen molar-refractivity contribution in [3.63, 3.8) is 0 Å². The number of carboxylic acid groups (broad SMARTS) is 1. The lowest BCUT2D eigenvalue weighted by Crippen LogP contribution is -2.34. The van der Waals surface area contributed by atoms with Crippen molar-refractivity contribution >= 4 is 11.8 Å². The summed E-state index contributed by atoms with van der Waals surface area (Å²) in [5.41, 5.74) is 1.30. The van der Waals surface area contributed by atoms with Gasteiger partial charge >= 0.3 is 5.97 Å². The summed E-state index contributed by atoms with van der Waals surface area (Å²) in [5.74, 6) is -0.304. The molecule has 1 atom stereocenters. The standard InChI is InChI=1S/C18H22N4O2/c1-14-7-8-21(17-12-19-16(11-20-17)18(23)24)9-10-22(14)13-15-5-3-2-4-6-15/h2-6,11-12,14H,7-10,13H2,1H3,(H,23,24). The molecule has 126 valence electrons. The van der Waals surface area contributed by atoms with Crippen LogP contribution in [0, 0.1) is 0 Å². The van der Waals surface area contributed by atoms with Gasteiger partial charge in [0.25, 0.3) is 0 Å². The highest BCUT2D eigenvalue weighted by molar-refractivity contribution is 5.84. The fourth-order valence-corrected chi connectivity index (χ4v) is 2.98. The molecule has 0 amide bonds. The van der Waals surface area contributed by atoms with Gasteiger partial charge in [-0.15, -0.1) is 0 Å². The zero-order valence-corrected chi connectivity index (χ0v) is 13.8. The maximum Gasteiger partial charge on any atom is 0.356 e. The molecule has 1 aliphatic rings. The monoisotopic (exact) mass is 326 g/mol. The highest BCUT2D eigenvalue weighted by Crippen LogP contribution is 2.18. The minimum atomic E-state index is -1.05. The molecule has 2 heterocycles. The molecular formula is C18H22N4O2. The van der Waals surface area contributed by atoms with Crippen LogP contribution in [0.5, 0.6) is 0 Å². The number of aromatic nitrogens is 2. The summed E-state index contributed by atoms with van der Waals surface area (Å²) >= 11 is 0. The first kappa shape index (κ1) is 16.4. The molecular weight excluding hydrogens is 304 g/mol. The second-order valence-electron chi connectivity index (χ2n) is 6.15. The molecule has 2 aromatic rings. The molecule has 1 N–H and O–H groups in total. The van der Waals surface area contributed by atoms with Gasteiger partial charge in [0.1, 0.15) is 5.82 Å². The molecule has 0 radical (unpaired) electrons. The second kappa shape index (κ2) is 7.40. The van der Waals surface area contributed by atoms with Crippen LogP contribution in [0.25, 0.3) is 0 Å². The van der Waals surface area contributed by atoms with E-state index < -0.39 is 5.97 Å². The zero-order valence-electron chi connectivity index (χ0n) is 13.8. The highest BCUT2D eigenvalue weighted by Gasteiger charge is 2.22. The minimum Gasteiger partial charge on any atom is -0.476 e. The van der Waals surface area contributed by atoms with Crippen LogP contribution in [-0.2, 0) is 6.54 Å². The van der Waals surface area contributed by atoms with Gasteiger partial charge in [-0.2, -0.15) is 0 Å². The van der Waals surface area contributed by atoms with E-state index >= 15 is 0 Å². The molecule has 6 nitrogen and oxygen atoms in total. The molecule has 0 bridgehead atoms. The Bertz CT molecular complexity index is 675. The van der Waals surface area contributed by atoms with Crippen LogP contribution in [0.2, 0.25) is 0 Å². The largest absolute Gasteiger partial charge is 0.476 e. The first-order chi connectivity index (χ1) is 11.6. The van der Waals surface area contributed by atoms with Crippen LogP contribution < -0.4 is 4.90 Å². The molecule has 0 saturated carbocycles. The Labute approximate surface area is 141 Å². The molecule has 1 aliphatic heterocycles. The van der Waals surface area contributed by atoms with E-state index in [0.29, 0.717) is 6.04 Å². The van der Waals surface area contributed by atoms with Crippen molar-refractivity contribution in [3.8, 4) is 0 Å². The van der Waals surface area contributed by atoms with E-state index in [2.05, 4.69) is 51.0 Å². The Morgan fingerprint density at radius 1 is 1.17 bits per heavy atom. The molecule has 3 rings (SSSR count). The van der Waals surface area contributed by atoms with Crippen LogP contribution in [0.15, 0.2) is 42.7 Å². The van der Waals surface area contributed by atoms with Crippen molar-refractivity contribution in [3.05, 3.63) is 54.0 Å². The van der Waals surface area contributed by atoms with Gasteiger partial charge in [0.2, 0.25) is 0 Å². The predicted octanol–water partition coefficient (Wildman–Crippen LogP) is 2.28. The number of nitrogens with zero attached hydrogens (tertiary/aromatic N) is 4. The molecule has 1 aromatic carbocycles. The number of benzene rings is 1. The van der Waals surface area contributed by atoms with Gasteiger partial charge in [0, 0.05) is 32.2 Å². The summed E-state index contributed by atoms with van der Waals surface area (Å²) in [5, 5.41) is 8.92. The van der Waals surface area contributed by atoms with E-state index in [-0.39, 0.29) is 5.69 Å². The van der Waals surface area contributed by atoms with Gasteiger partial charge in [0.05, 0.1) is 12.4 Å². The van der Waals surface area contributed by atoms with Crippen LogP contribution in [0.1, 0.15) is 29.4 Å². The minimum absolute atomic E-state index is 0.0207. The number of rotatable bonds is 4. The lowest BCUT2D eigenvalue weighted by molar-refractivity contribution is 0.0690. The third-order valence-corrected chi connectivity index (χ3v) is 4.51. The van der Waals surface area contributed by atoms with Crippen LogP contribution >= 0.6 is 0 Å². The molecule has 1 saturated heterocycles. The summed E-state index contributed by atoms with van der Waals surface area (Å²) in [6, 6.07) is 11.0. The van der Waals surface area contributed by atoms with Crippen molar-refractivity contribution in [2.45, 2.75) is 25.9 Å². The van der Waals surface area contributed by atoms with Gasteiger partial charge in [-0.3, -0.25) is 4.90 Å². The van der Waals surface area contributed by atoms with E-state index in [1.165, 1.54) is 11.8 Å². The van der Waals surface area contributed by atoms with E-state index in [1.54, 1.807) is 6.20 Å². The van der Waals surface area contributed by atoms with Gasteiger partial charge < -0.3 is 10.0 Å². The summed E-state index contributed by atoms with van der Waals surface area (Å²) < 4.78 is 0. The maximum absolute atomic E-state index is 10.9. The van der Waals surface area contributed by atoms with Crippen molar-refractivity contribution in [1.29, 1.82) is 0 Å². The van der Waals surface area contributed by atoms with Gasteiger partial charge in [0.15, 0.2) is 5.69 Å². The average Bonchev–Trinajstić information content (AvgIpc) is 2.78. The summed E-state index contributed by atoms with van der Waals surface area (Å²) in [6.45, 7) is 5.90. The van der Waals surface area contributed by atoms with Crippen LogP contribution in [-0.4, -0.2) is 51.6 Å². The third kappa shape index (κ3) is 3.89. The maximum atomic E-state index is 10.9. The number of hydrogen-bond acceptors (Lipinski definition) is 5. The topological polar surface area (TPSA) is 69.6 Å². The number of carbonyl (C=O) groups is 1. The Morgan fingerprint density at radius 3 is 2.62 bits per heavy atom. The smallest absolute Gasteiger partial charge is 0.356 e. The Hall–Kier alpha value is -2.47. The average molecular weight is 326 g/mol. The van der Waals surface area contributed by atoms with Gasteiger partial charge in [-0.05, 0) is 18.9 Å². The highest BCUT2D eigenvalue weighted by atomic mass is 16.4. The summed E-state index contributed by atoms with van der Waals surface area (Å²) in [7, 11) is 0. The molecule has 1 fully saturated rings. The third-order valence-electron chi connectivity index (χ3n) is 4.51. The second-order valence-corrected chi connectivity index (χ2v) is 6.15. The van der Waals surface area contributed by atoms with Crippen molar-refractivity contribution in [2.24, 2.45) is 0 Å². The normalized spacial score (nSPS) is 19.0. The molecule has 0 spiro atoms. The van der Waals surface area contributed by atoms with E-state index in [1.807, 2.05) is 6.07 Å². The van der Waals surface area contributed by atoms with Crippen LogP contribution in [0.4, 0.5) is 5.82 Å². The number of aromatic carboxylic acids is 1. The Kier molecular flexibility index (Phi) is 5.05. The summed E-state index contributed by atoms with van der Waals surface area (Å²) in [6.07, 6.45) is 3.92. The van der Waals surface area contributed by atoms with Crippen molar-refractivity contribution in [2.75, 3.05) is 24.5 Å².